The Labute approximate surface area is 155 Å². The first-order valence-corrected chi connectivity index (χ1v) is 8.91. The van der Waals surface area contributed by atoms with Gasteiger partial charge in [-0.15, -0.1) is 0 Å². The molecule has 0 aromatic heterocycles. The summed E-state index contributed by atoms with van der Waals surface area (Å²) in [5, 5.41) is 0. The van der Waals surface area contributed by atoms with Crippen molar-refractivity contribution in [2.24, 2.45) is 0 Å². The number of carbonyl (C=O) groups is 2. The van der Waals surface area contributed by atoms with Crippen molar-refractivity contribution >= 4 is 12.4 Å². The molecule has 0 aliphatic carbocycles. The topological polar surface area (TPSA) is 46.6 Å². The van der Waals surface area contributed by atoms with Crippen LogP contribution >= 0.6 is 0 Å². The largest absolute Gasteiger partial charge is 0.444 e. The van der Waals surface area contributed by atoms with Crippen molar-refractivity contribution in [3.8, 4) is 0 Å². The second kappa shape index (κ2) is 9.18. The first kappa shape index (κ1) is 19.7. The molecule has 0 N–H and O–H groups in total. The maximum atomic E-state index is 12.6. The van der Waals surface area contributed by atoms with E-state index in [9.17, 15) is 9.59 Å². The Hall–Kier alpha value is -2.62. The minimum Gasteiger partial charge on any atom is -0.444 e. The van der Waals surface area contributed by atoms with Gasteiger partial charge in [0.2, 0.25) is 0 Å². The Morgan fingerprint density at radius 3 is 2.15 bits per heavy atom. The first-order chi connectivity index (χ1) is 12.4. The number of hydrogen-bond donors (Lipinski definition) is 0. The van der Waals surface area contributed by atoms with E-state index in [1.165, 1.54) is 5.56 Å². The van der Waals surface area contributed by atoms with E-state index < -0.39 is 5.60 Å². The van der Waals surface area contributed by atoms with E-state index in [2.05, 4.69) is 12.1 Å². The number of ether oxygens (including phenoxy) is 1. The molecule has 4 heteroatoms. The molecule has 4 nitrogen and oxygen atoms in total. The number of benzene rings is 2. The molecule has 138 valence electrons. The van der Waals surface area contributed by atoms with Crippen LogP contribution in [0.3, 0.4) is 0 Å². The lowest BCUT2D eigenvalue weighted by atomic mass is 10.1. The van der Waals surface area contributed by atoms with Crippen molar-refractivity contribution in [3.05, 3.63) is 71.3 Å². The van der Waals surface area contributed by atoms with Crippen LogP contribution in [0.5, 0.6) is 0 Å². The lowest BCUT2D eigenvalue weighted by molar-refractivity contribution is -0.107. The minimum atomic E-state index is -0.532. The molecule has 0 radical (unpaired) electrons. The fraction of sp³-hybridized carbons (Fsp3) is 0.364. The quantitative estimate of drug-likeness (QED) is 0.693. The maximum absolute atomic E-state index is 12.6. The van der Waals surface area contributed by atoms with Crippen molar-refractivity contribution in [1.82, 2.24) is 4.90 Å². The molecule has 0 unspecified atom stereocenters. The molecule has 0 heterocycles. The Balaban J connectivity index is 2.08. The first-order valence-electron chi connectivity index (χ1n) is 8.91. The fourth-order valence-electron chi connectivity index (χ4n) is 2.57. The van der Waals surface area contributed by atoms with Gasteiger partial charge in [0, 0.05) is 19.5 Å². The summed E-state index contributed by atoms with van der Waals surface area (Å²) >= 11 is 0. The summed E-state index contributed by atoms with van der Waals surface area (Å²) in [6.07, 6.45) is 1.75. The van der Waals surface area contributed by atoms with Gasteiger partial charge in [-0.05, 0) is 43.9 Å². The van der Waals surface area contributed by atoms with Gasteiger partial charge in [0.1, 0.15) is 11.9 Å². The second-order valence-corrected chi connectivity index (χ2v) is 7.32. The Morgan fingerprint density at radius 1 is 0.962 bits per heavy atom. The monoisotopic (exact) mass is 353 g/mol. The molecule has 0 spiro atoms. The van der Waals surface area contributed by atoms with Crippen LogP contribution in [0.1, 0.15) is 37.5 Å². The lowest BCUT2D eigenvalue weighted by Crippen LogP contribution is -2.37. The van der Waals surface area contributed by atoms with Gasteiger partial charge < -0.3 is 14.4 Å². The van der Waals surface area contributed by atoms with Crippen LogP contribution in [-0.4, -0.2) is 29.4 Å². The molecule has 0 saturated carbocycles. The van der Waals surface area contributed by atoms with Gasteiger partial charge in [-0.25, -0.2) is 4.79 Å². The van der Waals surface area contributed by atoms with Crippen LogP contribution in [0.25, 0.3) is 0 Å². The van der Waals surface area contributed by atoms with Crippen LogP contribution in [0, 0.1) is 0 Å². The zero-order valence-corrected chi connectivity index (χ0v) is 15.8. The van der Waals surface area contributed by atoms with E-state index in [0.29, 0.717) is 19.5 Å². The molecule has 0 aliphatic heterocycles. The number of aldehydes is 1. The van der Waals surface area contributed by atoms with Crippen molar-refractivity contribution in [3.63, 3.8) is 0 Å². The third-order valence-corrected chi connectivity index (χ3v) is 3.88. The fourth-order valence-corrected chi connectivity index (χ4v) is 2.57. The molecule has 0 saturated heterocycles. The zero-order chi connectivity index (χ0) is 19.0. The number of carbonyl (C=O) groups excluding carboxylic acids is 2. The van der Waals surface area contributed by atoms with Crippen LogP contribution < -0.4 is 0 Å². The molecule has 2 aromatic rings. The van der Waals surface area contributed by atoms with E-state index in [1.54, 1.807) is 4.90 Å². The highest BCUT2D eigenvalue weighted by molar-refractivity contribution is 5.68. The summed E-state index contributed by atoms with van der Waals surface area (Å²) in [7, 11) is 0. The Bertz CT molecular complexity index is 702. The molecule has 0 atom stereocenters. The summed E-state index contributed by atoms with van der Waals surface area (Å²) in [6, 6.07) is 17.9. The van der Waals surface area contributed by atoms with Crippen molar-refractivity contribution < 1.29 is 14.3 Å². The van der Waals surface area contributed by atoms with Gasteiger partial charge in [0.05, 0.1) is 0 Å². The summed E-state index contributed by atoms with van der Waals surface area (Å²) in [5.74, 6) is 0. The molecule has 26 heavy (non-hydrogen) atoms. The number of rotatable bonds is 7. The van der Waals surface area contributed by atoms with Crippen LogP contribution in [0.4, 0.5) is 4.79 Å². The standard InChI is InChI=1S/C22H27NO3/c1-22(2,3)26-21(25)23(15-13-18-7-5-4-6-8-18)17-20-11-9-19(10-12-20)14-16-24/h4-12,16H,13-15,17H2,1-3H3. The smallest absolute Gasteiger partial charge is 0.410 e. The molecule has 0 fully saturated rings. The molecular weight excluding hydrogens is 326 g/mol. The van der Waals surface area contributed by atoms with E-state index >= 15 is 0 Å². The summed E-state index contributed by atoms with van der Waals surface area (Å²) in [6.45, 7) is 6.66. The van der Waals surface area contributed by atoms with E-state index in [0.717, 1.165) is 23.8 Å². The molecule has 2 rings (SSSR count). The Kier molecular flexibility index (Phi) is 6.96. The normalized spacial score (nSPS) is 11.0. The highest BCUT2D eigenvalue weighted by atomic mass is 16.6. The second-order valence-electron chi connectivity index (χ2n) is 7.32. The molecule has 2 aromatic carbocycles. The number of nitrogens with zero attached hydrogens (tertiary/aromatic N) is 1. The molecule has 0 aliphatic rings. The van der Waals surface area contributed by atoms with Gasteiger partial charge in [-0.1, -0.05) is 54.6 Å². The zero-order valence-electron chi connectivity index (χ0n) is 15.8. The average molecular weight is 353 g/mol. The third-order valence-electron chi connectivity index (χ3n) is 3.88. The van der Waals surface area contributed by atoms with Gasteiger partial charge in [-0.2, -0.15) is 0 Å². The van der Waals surface area contributed by atoms with Crippen LogP contribution in [-0.2, 0) is 28.9 Å². The van der Waals surface area contributed by atoms with E-state index in [1.807, 2.05) is 63.2 Å². The van der Waals surface area contributed by atoms with Gasteiger partial charge in [0.25, 0.3) is 0 Å². The average Bonchev–Trinajstić information content (AvgIpc) is 2.59. The van der Waals surface area contributed by atoms with E-state index in [-0.39, 0.29) is 6.09 Å². The van der Waals surface area contributed by atoms with Gasteiger partial charge in [-0.3, -0.25) is 0 Å². The third kappa shape index (κ3) is 6.71. The summed E-state index contributed by atoms with van der Waals surface area (Å²) < 4.78 is 5.56. The van der Waals surface area contributed by atoms with E-state index in [4.69, 9.17) is 4.74 Å². The molecule has 1 amide bonds. The van der Waals surface area contributed by atoms with Crippen molar-refractivity contribution in [1.29, 1.82) is 0 Å². The summed E-state index contributed by atoms with van der Waals surface area (Å²) in [5.41, 5.74) is 2.63. The minimum absolute atomic E-state index is 0.314. The van der Waals surface area contributed by atoms with Crippen LogP contribution in [0.2, 0.25) is 0 Å². The highest BCUT2D eigenvalue weighted by Gasteiger charge is 2.22. The lowest BCUT2D eigenvalue weighted by Gasteiger charge is -2.27. The molecular formula is C22H27NO3. The number of amides is 1. The highest BCUT2D eigenvalue weighted by Crippen LogP contribution is 2.14. The molecule has 0 bridgehead atoms. The van der Waals surface area contributed by atoms with Gasteiger partial charge in [0.15, 0.2) is 0 Å². The van der Waals surface area contributed by atoms with Crippen LogP contribution in [0.15, 0.2) is 54.6 Å². The Morgan fingerprint density at radius 2 is 1.58 bits per heavy atom. The van der Waals surface area contributed by atoms with Gasteiger partial charge >= 0.3 is 6.09 Å². The predicted molar refractivity (Wildman–Crippen MR) is 103 cm³/mol. The van der Waals surface area contributed by atoms with Crippen molar-refractivity contribution in [2.75, 3.05) is 6.54 Å². The predicted octanol–water partition coefficient (Wildman–Crippen LogP) is 4.41. The maximum Gasteiger partial charge on any atom is 0.410 e. The SMILES string of the molecule is CC(C)(C)OC(=O)N(CCc1ccccc1)Cc1ccc(CC=O)cc1. The van der Waals surface area contributed by atoms with Crippen molar-refractivity contribution in [2.45, 2.75) is 45.8 Å². The summed E-state index contributed by atoms with van der Waals surface area (Å²) in [4.78, 5) is 25.0. The number of hydrogen-bond acceptors (Lipinski definition) is 3.